The molecule has 1 saturated carbocycles. The van der Waals surface area contributed by atoms with Crippen molar-refractivity contribution >= 4 is 29.5 Å². The summed E-state index contributed by atoms with van der Waals surface area (Å²) in [7, 11) is 0. The second-order valence-corrected chi connectivity index (χ2v) is 11.2. The molecule has 196 valence electrons. The highest BCUT2D eigenvalue weighted by Gasteiger charge is 2.75. The van der Waals surface area contributed by atoms with Gasteiger partial charge in [-0.25, -0.2) is 0 Å². The smallest absolute Gasteiger partial charge is 0.312 e. The van der Waals surface area contributed by atoms with Gasteiger partial charge in [0.1, 0.15) is 17.8 Å². The van der Waals surface area contributed by atoms with Gasteiger partial charge in [0.05, 0.1) is 40.6 Å². The van der Waals surface area contributed by atoms with Crippen molar-refractivity contribution in [2.75, 3.05) is 0 Å². The maximum Gasteiger partial charge on any atom is 0.312 e. The lowest BCUT2D eigenvalue weighted by atomic mass is 9.50. The van der Waals surface area contributed by atoms with E-state index in [2.05, 4.69) is 6.58 Å². The van der Waals surface area contributed by atoms with E-state index in [1.807, 2.05) is 0 Å². The zero-order valence-electron chi connectivity index (χ0n) is 20.4. The van der Waals surface area contributed by atoms with Crippen molar-refractivity contribution in [3.8, 4) is 0 Å². The van der Waals surface area contributed by atoms with Crippen LogP contribution in [0.1, 0.15) is 47.5 Å². The van der Waals surface area contributed by atoms with Crippen LogP contribution in [0.5, 0.6) is 0 Å². The van der Waals surface area contributed by atoms with Crippen LogP contribution in [-0.2, 0) is 33.3 Å². The molecule has 3 heterocycles. The highest BCUT2D eigenvalue weighted by atomic mass is 35.5. The zero-order valence-corrected chi connectivity index (χ0v) is 21.2. The molecule has 3 N–H and O–H groups in total. The van der Waals surface area contributed by atoms with Crippen molar-refractivity contribution in [2.45, 2.75) is 101 Å². The van der Waals surface area contributed by atoms with Crippen molar-refractivity contribution in [1.29, 1.82) is 0 Å². The number of carbonyl (C=O) groups is 3. The number of fused-ring (bicyclic) bond motifs is 2. The summed E-state index contributed by atoms with van der Waals surface area (Å²) >= 11 is 6.69. The largest absolute Gasteiger partial charge is 0.462 e. The molecule has 0 radical (unpaired) electrons. The summed E-state index contributed by atoms with van der Waals surface area (Å²) in [5.41, 5.74) is -4.71. The van der Waals surface area contributed by atoms with E-state index in [9.17, 15) is 29.7 Å². The zero-order chi connectivity index (χ0) is 26.2. The Morgan fingerprint density at radius 2 is 1.66 bits per heavy atom. The molecular formula is C24H33ClO10. The fourth-order valence-electron chi connectivity index (χ4n) is 6.85. The van der Waals surface area contributed by atoms with Gasteiger partial charge in [-0.3, -0.25) is 14.4 Å². The second-order valence-electron chi connectivity index (χ2n) is 10.7. The number of alkyl halides is 1. The quantitative estimate of drug-likeness (QED) is 0.206. The number of hydrogen-bond acceptors (Lipinski definition) is 10. The Kier molecular flexibility index (Phi) is 6.33. The monoisotopic (exact) mass is 516 g/mol. The first-order chi connectivity index (χ1) is 16.1. The molecule has 12 atom stereocenters. The number of halogens is 1. The number of esters is 3. The van der Waals surface area contributed by atoms with Gasteiger partial charge >= 0.3 is 17.9 Å². The summed E-state index contributed by atoms with van der Waals surface area (Å²) < 4.78 is 23.3. The highest BCUT2D eigenvalue weighted by molar-refractivity contribution is 6.23. The van der Waals surface area contributed by atoms with Crippen molar-refractivity contribution in [3.63, 3.8) is 0 Å². The van der Waals surface area contributed by atoms with Crippen LogP contribution < -0.4 is 0 Å². The molecule has 4 rings (SSSR count). The first-order valence-corrected chi connectivity index (χ1v) is 12.2. The molecule has 3 aliphatic heterocycles. The van der Waals surface area contributed by atoms with Gasteiger partial charge in [-0.2, -0.15) is 0 Å². The third kappa shape index (κ3) is 3.55. The van der Waals surface area contributed by atoms with E-state index in [0.29, 0.717) is 5.57 Å². The fraction of sp³-hybridized carbons (Fsp3) is 0.792. The molecule has 4 aliphatic rings. The van der Waals surface area contributed by atoms with Crippen molar-refractivity contribution < 1.29 is 48.7 Å². The van der Waals surface area contributed by atoms with Crippen LogP contribution in [0.4, 0.5) is 0 Å². The maximum absolute atomic E-state index is 12.8. The Bertz CT molecular complexity index is 951. The van der Waals surface area contributed by atoms with Crippen LogP contribution >= 0.6 is 11.6 Å². The Morgan fingerprint density at radius 1 is 1.11 bits per heavy atom. The lowest BCUT2D eigenvalue weighted by molar-refractivity contribution is -0.316. The third-order valence-corrected chi connectivity index (χ3v) is 9.23. The predicted molar refractivity (Wildman–Crippen MR) is 120 cm³/mol. The van der Waals surface area contributed by atoms with Gasteiger partial charge in [0.25, 0.3) is 0 Å². The van der Waals surface area contributed by atoms with E-state index >= 15 is 0 Å². The number of rotatable bonds is 2. The summed E-state index contributed by atoms with van der Waals surface area (Å²) in [5.74, 6) is -4.22. The van der Waals surface area contributed by atoms with Crippen molar-refractivity contribution in [2.24, 2.45) is 17.3 Å². The van der Waals surface area contributed by atoms with Crippen LogP contribution in [0.25, 0.3) is 0 Å². The van der Waals surface area contributed by atoms with Gasteiger partial charge in [-0.05, 0) is 19.4 Å². The van der Waals surface area contributed by atoms with Gasteiger partial charge in [-0.1, -0.05) is 13.5 Å². The summed E-state index contributed by atoms with van der Waals surface area (Å²) in [4.78, 5) is 37.0. The molecule has 0 unspecified atom stereocenters. The van der Waals surface area contributed by atoms with E-state index in [-0.39, 0.29) is 12.8 Å². The minimum atomic E-state index is -1.97. The molecule has 0 aromatic rings. The number of carbonyl (C=O) groups excluding carboxylic acids is 3. The van der Waals surface area contributed by atoms with E-state index in [1.54, 1.807) is 13.8 Å². The van der Waals surface area contributed by atoms with Crippen LogP contribution in [-0.4, -0.2) is 86.4 Å². The highest BCUT2D eigenvalue weighted by Crippen LogP contribution is 2.61. The molecule has 0 aromatic heterocycles. The van der Waals surface area contributed by atoms with E-state index in [1.165, 1.54) is 20.8 Å². The average Bonchev–Trinajstić information content (AvgIpc) is 3.00. The topological polar surface area (TPSA) is 149 Å². The number of hydrogen-bond donors (Lipinski definition) is 3. The van der Waals surface area contributed by atoms with E-state index < -0.39 is 88.4 Å². The predicted octanol–water partition coefficient (Wildman–Crippen LogP) is 0.615. The molecule has 10 nitrogen and oxygen atoms in total. The summed E-state index contributed by atoms with van der Waals surface area (Å²) in [6.45, 7) is 11.0. The Hall–Kier alpha value is -1.72. The van der Waals surface area contributed by atoms with Crippen LogP contribution in [0.15, 0.2) is 12.2 Å². The molecule has 4 fully saturated rings. The third-order valence-electron chi connectivity index (χ3n) is 8.72. The molecular weight excluding hydrogens is 484 g/mol. The minimum absolute atomic E-state index is 0.000668. The maximum atomic E-state index is 12.8. The normalized spacial score (nSPS) is 51.3. The van der Waals surface area contributed by atoms with Gasteiger partial charge in [0.15, 0.2) is 6.10 Å². The van der Waals surface area contributed by atoms with Crippen molar-refractivity contribution in [1.82, 2.24) is 0 Å². The van der Waals surface area contributed by atoms with Gasteiger partial charge < -0.3 is 34.3 Å². The summed E-state index contributed by atoms with van der Waals surface area (Å²) in [6.07, 6.45) is -7.33. The molecule has 3 saturated heterocycles. The molecule has 1 spiro atoms. The second kappa shape index (κ2) is 8.41. The minimum Gasteiger partial charge on any atom is -0.462 e. The van der Waals surface area contributed by atoms with E-state index in [4.69, 9.17) is 30.5 Å². The lowest BCUT2D eigenvalue weighted by Crippen LogP contribution is -2.77. The standard InChI is InChI=1S/C24H33ClO10/c1-9-13-7-15(32-11(3)26)22(5)16(33-12(4)27)8-14(28)23(6,31)18(22)19(29)24(35-13)10(2)21(30)34-20(24)17(9)25/h10,13-20,28-29,31H,1,7-8H2,2-6H3/t10-,13-,14+,15-,16-,17-,18+,19-,20-,22-,23-,24+/m0/s1. The molecule has 35 heavy (non-hydrogen) atoms. The van der Waals surface area contributed by atoms with Gasteiger partial charge in [-0.15, -0.1) is 11.6 Å². The lowest BCUT2D eigenvalue weighted by Gasteiger charge is -2.63. The molecule has 0 amide bonds. The number of ether oxygens (including phenoxy) is 4. The number of aliphatic hydroxyl groups excluding tert-OH is 2. The van der Waals surface area contributed by atoms with Crippen LogP contribution in [0, 0.1) is 17.3 Å². The SMILES string of the molecule is C=C1[C@@H]2C[C@H](OC(C)=O)[C@@]3(C)[C@@H](OC(C)=O)C[C@@H](O)[C@](C)(O)[C@@H]3[C@H](O)[C@]3(O2)[C@@H](C)C(=O)O[C@H]3[C@H]1Cl. The first kappa shape index (κ1) is 26.3. The average molecular weight is 517 g/mol. The fourth-order valence-corrected chi connectivity index (χ4v) is 7.24. The molecule has 11 heteroatoms. The molecule has 2 bridgehead atoms. The van der Waals surface area contributed by atoms with Gasteiger partial charge in [0, 0.05) is 32.6 Å². The van der Waals surface area contributed by atoms with Gasteiger partial charge in [0.2, 0.25) is 0 Å². The molecule has 1 aliphatic carbocycles. The number of aliphatic hydroxyl groups is 3. The van der Waals surface area contributed by atoms with Crippen LogP contribution in [0.3, 0.4) is 0 Å². The van der Waals surface area contributed by atoms with E-state index in [0.717, 1.165) is 0 Å². The van der Waals surface area contributed by atoms with Crippen LogP contribution in [0.2, 0.25) is 0 Å². The summed E-state index contributed by atoms with van der Waals surface area (Å²) in [5, 5.41) is 33.8. The molecule has 0 aromatic carbocycles. The Balaban J connectivity index is 1.99. The van der Waals surface area contributed by atoms with Crippen molar-refractivity contribution in [3.05, 3.63) is 12.2 Å². The first-order valence-electron chi connectivity index (χ1n) is 11.7. The Labute approximate surface area is 208 Å². The Morgan fingerprint density at radius 3 is 2.20 bits per heavy atom. The summed E-state index contributed by atoms with van der Waals surface area (Å²) in [6, 6.07) is 0.